The average molecular weight is 348 g/mol. The van der Waals surface area contributed by atoms with Gasteiger partial charge in [0.2, 0.25) is 5.95 Å². The summed E-state index contributed by atoms with van der Waals surface area (Å²) in [5, 5.41) is 7.24. The predicted molar refractivity (Wildman–Crippen MR) is 97.8 cm³/mol. The van der Waals surface area contributed by atoms with Gasteiger partial charge in [-0.05, 0) is 56.4 Å². The smallest absolute Gasteiger partial charge is 0.276 e. The first-order valence-electron chi connectivity index (χ1n) is 8.74. The van der Waals surface area contributed by atoms with E-state index in [9.17, 15) is 4.79 Å². The molecule has 1 aliphatic carbocycles. The monoisotopic (exact) mass is 348 g/mol. The van der Waals surface area contributed by atoms with Crippen molar-refractivity contribution < 1.29 is 4.79 Å². The van der Waals surface area contributed by atoms with Crippen molar-refractivity contribution in [2.24, 2.45) is 7.05 Å². The number of amides is 1. The van der Waals surface area contributed by atoms with E-state index >= 15 is 0 Å². The molecule has 0 aliphatic heterocycles. The molecule has 0 saturated carbocycles. The van der Waals surface area contributed by atoms with Crippen LogP contribution in [-0.4, -0.2) is 30.6 Å². The van der Waals surface area contributed by atoms with Gasteiger partial charge in [0.1, 0.15) is 5.69 Å². The van der Waals surface area contributed by atoms with Crippen LogP contribution in [0.25, 0.3) is 11.3 Å². The largest absolute Gasteiger partial charge is 0.289 e. The molecule has 0 radical (unpaired) electrons. The Morgan fingerprint density at radius 2 is 1.92 bits per heavy atom. The molecule has 7 nitrogen and oxygen atoms in total. The summed E-state index contributed by atoms with van der Waals surface area (Å²) >= 11 is 0. The van der Waals surface area contributed by atoms with E-state index in [1.807, 2.05) is 19.1 Å². The van der Waals surface area contributed by atoms with Gasteiger partial charge in [-0.25, -0.2) is 9.97 Å². The summed E-state index contributed by atoms with van der Waals surface area (Å²) in [6.07, 6.45) is 7.68. The van der Waals surface area contributed by atoms with Gasteiger partial charge in [0.25, 0.3) is 5.91 Å². The number of fused-ring (bicyclic) bond motifs is 1. The summed E-state index contributed by atoms with van der Waals surface area (Å²) in [4.78, 5) is 25.7. The van der Waals surface area contributed by atoms with Gasteiger partial charge in [-0.2, -0.15) is 5.10 Å². The molecule has 4 rings (SSSR count). The van der Waals surface area contributed by atoms with Gasteiger partial charge in [-0.1, -0.05) is 0 Å². The number of hydrogen-bond acceptors (Lipinski definition) is 5. The first-order chi connectivity index (χ1) is 12.6. The van der Waals surface area contributed by atoms with Gasteiger partial charge < -0.3 is 0 Å². The number of nitrogens with one attached hydrogen (secondary N) is 1. The molecular weight excluding hydrogens is 328 g/mol. The molecular formula is C19H20N6O. The zero-order valence-corrected chi connectivity index (χ0v) is 14.9. The Morgan fingerprint density at radius 3 is 2.73 bits per heavy atom. The van der Waals surface area contributed by atoms with Crippen molar-refractivity contribution in [3.8, 4) is 11.3 Å². The molecule has 132 valence electrons. The van der Waals surface area contributed by atoms with Crippen LogP contribution in [0.15, 0.2) is 30.6 Å². The lowest BCUT2D eigenvalue weighted by Crippen LogP contribution is -2.20. The maximum Gasteiger partial charge on any atom is 0.276 e. The second-order valence-electron chi connectivity index (χ2n) is 6.49. The summed E-state index contributed by atoms with van der Waals surface area (Å²) in [7, 11) is 1.75. The van der Waals surface area contributed by atoms with E-state index in [4.69, 9.17) is 0 Å². The first kappa shape index (κ1) is 16.4. The third-order valence-corrected chi connectivity index (χ3v) is 4.70. The molecule has 0 atom stereocenters. The van der Waals surface area contributed by atoms with Gasteiger partial charge in [0.15, 0.2) is 0 Å². The lowest BCUT2D eigenvalue weighted by atomic mass is 9.95. The molecule has 0 spiro atoms. The first-order valence-corrected chi connectivity index (χ1v) is 8.74. The molecule has 1 amide bonds. The number of anilines is 1. The number of nitrogens with zero attached hydrogens (tertiary/aromatic N) is 5. The minimum absolute atomic E-state index is 0.268. The van der Waals surface area contributed by atoms with E-state index in [0.717, 1.165) is 41.9 Å². The van der Waals surface area contributed by atoms with E-state index in [1.54, 1.807) is 30.2 Å². The van der Waals surface area contributed by atoms with Gasteiger partial charge in [-0.3, -0.25) is 19.8 Å². The maximum atomic E-state index is 12.7. The molecule has 26 heavy (non-hydrogen) atoms. The number of rotatable bonds is 3. The van der Waals surface area contributed by atoms with Crippen LogP contribution >= 0.6 is 0 Å². The van der Waals surface area contributed by atoms with Gasteiger partial charge in [0.05, 0.1) is 5.69 Å². The third kappa shape index (κ3) is 3.08. The van der Waals surface area contributed by atoms with Crippen LogP contribution in [0.1, 0.15) is 40.3 Å². The molecule has 3 aromatic heterocycles. The van der Waals surface area contributed by atoms with Gasteiger partial charge in [0, 0.05) is 36.4 Å². The minimum atomic E-state index is -0.268. The molecule has 3 aromatic rings. The molecule has 1 aliphatic rings. The van der Waals surface area contributed by atoms with Crippen LogP contribution in [0.5, 0.6) is 0 Å². The molecule has 0 aromatic carbocycles. The Bertz CT molecular complexity index is 964. The molecule has 0 fully saturated rings. The van der Waals surface area contributed by atoms with E-state index < -0.39 is 0 Å². The number of carbonyl (C=O) groups excluding carboxylic acids is 1. The van der Waals surface area contributed by atoms with Gasteiger partial charge >= 0.3 is 0 Å². The molecule has 0 bridgehead atoms. The van der Waals surface area contributed by atoms with Crippen molar-refractivity contribution in [2.75, 3.05) is 5.32 Å². The van der Waals surface area contributed by atoms with Crippen LogP contribution in [0.4, 0.5) is 5.95 Å². The summed E-state index contributed by atoms with van der Waals surface area (Å²) in [5.74, 6) is 0.0928. The zero-order valence-electron chi connectivity index (χ0n) is 14.9. The van der Waals surface area contributed by atoms with Crippen molar-refractivity contribution in [1.82, 2.24) is 24.7 Å². The fraction of sp³-hybridized carbons (Fsp3) is 0.316. The van der Waals surface area contributed by atoms with E-state index in [-0.39, 0.29) is 5.91 Å². The van der Waals surface area contributed by atoms with Crippen LogP contribution in [0, 0.1) is 6.92 Å². The van der Waals surface area contributed by atoms with Crippen LogP contribution in [0.2, 0.25) is 0 Å². The number of aromatic nitrogens is 5. The van der Waals surface area contributed by atoms with Crippen LogP contribution in [-0.2, 0) is 19.9 Å². The molecule has 1 N–H and O–H groups in total. The number of aryl methyl sites for hydroxylation is 3. The molecule has 3 heterocycles. The zero-order chi connectivity index (χ0) is 18.1. The highest BCUT2D eigenvalue weighted by Gasteiger charge is 2.19. The highest BCUT2D eigenvalue weighted by atomic mass is 16.2. The third-order valence-electron chi connectivity index (χ3n) is 4.70. The predicted octanol–water partition coefficient (Wildman–Crippen LogP) is 2.71. The fourth-order valence-electron chi connectivity index (χ4n) is 3.35. The summed E-state index contributed by atoms with van der Waals surface area (Å²) < 4.78 is 1.57. The Balaban J connectivity index is 1.59. The second kappa shape index (κ2) is 6.67. The number of carbonyl (C=O) groups is 1. The molecule has 7 heteroatoms. The summed E-state index contributed by atoms with van der Waals surface area (Å²) in [6, 6.07) is 5.48. The van der Waals surface area contributed by atoms with Crippen molar-refractivity contribution in [2.45, 2.75) is 32.6 Å². The standard InChI is InChI=1S/C19H20N6O/c1-12-14-5-3-4-6-15(14)22-19(21-12)23-18(26)17-11-16(24-25(17)2)13-7-9-20-10-8-13/h7-11H,3-6H2,1-2H3,(H,21,22,23,26). The average Bonchev–Trinajstić information content (AvgIpc) is 3.04. The minimum Gasteiger partial charge on any atom is -0.289 e. The van der Waals surface area contributed by atoms with E-state index in [1.165, 1.54) is 12.0 Å². The number of hydrogen-bond donors (Lipinski definition) is 1. The normalized spacial score (nSPS) is 13.3. The highest BCUT2D eigenvalue weighted by molar-refractivity contribution is 6.02. The van der Waals surface area contributed by atoms with Crippen molar-refractivity contribution in [3.05, 3.63) is 53.2 Å². The lowest BCUT2D eigenvalue weighted by molar-refractivity contribution is 0.101. The fourth-order valence-corrected chi connectivity index (χ4v) is 3.35. The summed E-state index contributed by atoms with van der Waals surface area (Å²) in [6.45, 7) is 1.98. The van der Waals surface area contributed by atoms with Crippen molar-refractivity contribution in [3.63, 3.8) is 0 Å². The maximum absolute atomic E-state index is 12.7. The summed E-state index contributed by atoms with van der Waals surface area (Å²) in [5.41, 5.74) is 5.33. The Morgan fingerprint density at radius 1 is 1.15 bits per heavy atom. The van der Waals surface area contributed by atoms with Crippen LogP contribution < -0.4 is 5.32 Å². The molecule has 0 saturated heterocycles. The Labute approximate surface area is 151 Å². The van der Waals surface area contributed by atoms with Gasteiger partial charge in [-0.15, -0.1) is 0 Å². The van der Waals surface area contributed by atoms with Crippen molar-refractivity contribution >= 4 is 11.9 Å². The SMILES string of the molecule is Cc1nc(NC(=O)c2cc(-c3ccncc3)nn2C)nc2c1CCCC2. The lowest BCUT2D eigenvalue weighted by Gasteiger charge is -2.17. The Hall–Kier alpha value is -3.09. The quantitative estimate of drug-likeness (QED) is 0.786. The second-order valence-corrected chi connectivity index (χ2v) is 6.49. The van der Waals surface area contributed by atoms with E-state index in [2.05, 4.69) is 25.4 Å². The van der Waals surface area contributed by atoms with E-state index in [0.29, 0.717) is 11.6 Å². The number of pyridine rings is 1. The van der Waals surface area contributed by atoms with Crippen molar-refractivity contribution in [1.29, 1.82) is 0 Å². The Kier molecular flexibility index (Phi) is 4.20. The highest BCUT2D eigenvalue weighted by Crippen LogP contribution is 2.23. The molecule has 0 unspecified atom stereocenters. The van der Waals surface area contributed by atoms with Crippen LogP contribution in [0.3, 0.4) is 0 Å². The topological polar surface area (TPSA) is 85.6 Å².